The summed E-state index contributed by atoms with van der Waals surface area (Å²) in [5.74, 6) is 0.966. The number of hydrogen-bond acceptors (Lipinski definition) is 3. The summed E-state index contributed by atoms with van der Waals surface area (Å²) in [6.07, 6.45) is 3.76. The minimum atomic E-state index is 0.0754. The van der Waals surface area contributed by atoms with Crippen molar-refractivity contribution in [1.82, 2.24) is 4.90 Å². The van der Waals surface area contributed by atoms with Gasteiger partial charge in [0, 0.05) is 12.6 Å². The summed E-state index contributed by atoms with van der Waals surface area (Å²) < 4.78 is 5.66. The maximum atomic E-state index is 6.39. The lowest BCUT2D eigenvalue weighted by Crippen LogP contribution is -2.40. The molecule has 1 aromatic heterocycles. The van der Waals surface area contributed by atoms with Crippen molar-refractivity contribution < 1.29 is 4.42 Å². The van der Waals surface area contributed by atoms with E-state index in [-0.39, 0.29) is 12.1 Å². The third kappa shape index (κ3) is 4.19. The fourth-order valence-corrected chi connectivity index (χ4v) is 2.77. The van der Waals surface area contributed by atoms with Crippen LogP contribution >= 0.6 is 0 Å². The van der Waals surface area contributed by atoms with E-state index in [1.54, 1.807) is 6.26 Å². The van der Waals surface area contributed by atoms with Crippen LogP contribution in [0.4, 0.5) is 0 Å². The van der Waals surface area contributed by atoms with Crippen molar-refractivity contribution in [2.75, 3.05) is 6.54 Å². The molecule has 0 aliphatic rings. The molecule has 0 saturated heterocycles. The molecule has 0 saturated carbocycles. The number of nitrogens with zero attached hydrogens (tertiary/aromatic N) is 1. The minimum absolute atomic E-state index is 0.0754. The van der Waals surface area contributed by atoms with Crippen LogP contribution in [0.15, 0.2) is 53.1 Å². The Labute approximate surface area is 127 Å². The summed E-state index contributed by atoms with van der Waals surface area (Å²) in [6, 6.07) is 14.7. The summed E-state index contributed by atoms with van der Waals surface area (Å²) in [7, 11) is 0. The van der Waals surface area contributed by atoms with Gasteiger partial charge in [-0.1, -0.05) is 44.2 Å². The van der Waals surface area contributed by atoms with Gasteiger partial charge in [0.2, 0.25) is 0 Å². The van der Waals surface area contributed by atoms with E-state index in [4.69, 9.17) is 10.2 Å². The third-order valence-corrected chi connectivity index (χ3v) is 3.84. The summed E-state index contributed by atoms with van der Waals surface area (Å²) >= 11 is 0. The first-order valence-corrected chi connectivity index (χ1v) is 7.83. The average molecular weight is 286 g/mol. The molecule has 0 fully saturated rings. The molecule has 2 aromatic rings. The lowest BCUT2D eigenvalue weighted by molar-refractivity contribution is 0.140. The summed E-state index contributed by atoms with van der Waals surface area (Å²) in [4.78, 5) is 2.43. The first-order valence-electron chi connectivity index (χ1n) is 7.83. The number of hydrogen-bond donors (Lipinski definition) is 1. The Kier molecular flexibility index (Phi) is 6.03. The van der Waals surface area contributed by atoms with Gasteiger partial charge in [-0.15, -0.1) is 0 Å². The van der Waals surface area contributed by atoms with Gasteiger partial charge in [-0.25, -0.2) is 0 Å². The molecule has 2 unspecified atom stereocenters. The van der Waals surface area contributed by atoms with E-state index in [1.807, 2.05) is 12.1 Å². The fraction of sp³-hybridized carbons (Fsp3) is 0.444. The second kappa shape index (κ2) is 8.01. The fourth-order valence-electron chi connectivity index (χ4n) is 2.77. The zero-order chi connectivity index (χ0) is 15.1. The van der Waals surface area contributed by atoms with Crippen LogP contribution < -0.4 is 5.73 Å². The summed E-state index contributed by atoms with van der Waals surface area (Å²) in [6.45, 7) is 6.24. The molecule has 1 aromatic carbocycles. The Morgan fingerprint density at radius 1 is 1.10 bits per heavy atom. The van der Waals surface area contributed by atoms with Gasteiger partial charge < -0.3 is 10.2 Å². The molecule has 2 rings (SSSR count). The first-order chi connectivity index (χ1) is 10.3. The van der Waals surface area contributed by atoms with Crippen molar-refractivity contribution in [3.8, 4) is 0 Å². The topological polar surface area (TPSA) is 42.4 Å². The summed E-state index contributed by atoms with van der Waals surface area (Å²) in [5, 5.41) is 0. The van der Waals surface area contributed by atoms with E-state index in [2.05, 4.69) is 49.1 Å². The molecule has 2 N–H and O–H groups in total. The first kappa shape index (κ1) is 15.8. The van der Waals surface area contributed by atoms with Gasteiger partial charge in [-0.05, 0) is 37.1 Å². The molecule has 0 spiro atoms. The normalized spacial score (nSPS) is 14.3. The Hall–Kier alpha value is -1.58. The van der Waals surface area contributed by atoms with Gasteiger partial charge in [0.15, 0.2) is 0 Å². The number of nitrogens with two attached hydrogens (primary N) is 1. The molecule has 0 aliphatic heterocycles. The van der Waals surface area contributed by atoms with Crippen molar-refractivity contribution in [3.63, 3.8) is 0 Å². The quantitative estimate of drug-likeness (QED) is 0.798. The number of rotatable bonds is 8. The van der Waals surface area contributed by atoms with E-state index in [9.17, 15) is 0 Å². The molecule has 0 radical (unpaired) electrons. The van der Waals surface area contributed by atoms with Crippen LogP contribution in [0.5, 0.6) is 0 Å². The standard InChI is InChI=1S/C18H26N2O/c1-3-12-20(14-15-9-6-5-7-10-15)18(16(19)4-2)17-11-8-13-21-17/h5-11,13,16,18H,3-4,12,14,19H2,1-2H3. The van der Waals surface area contributed by atoms with Crippen molar-refractivity contribution in [3.05, 3.63) is 60.1 Å². The summed E-state index contributed by atoms with van der Waals surface area (Å²) in [5.41, 5.74) is 7.70. The Bertz CT molecular complexity index is 495. The highest BCUT2D eigenvalue weighted by molar-refractivity contribution is 5.16. The Morgan fingerprint density at radius 3 is 2.43 bits per heavy atom. The van der Waals surface area contributed by atoms with Gasteiger partial charge in [-0.3, -0.25) is 4.90 Å². The minimum Gasteiger partial charge on any atom is -0.468 e. The van der Waals surface area contributed by atoms with E-state index in [1.165, 1.54) is 5.56 Å². The van der Waals surface area contributed by atoms with Crippen LogP contribution in [0.3, 0.4) is 0 Å². The van der Waals surface area contributed by atoms with E-state index in [0.717, 1.165) is 31.7 Å². The van der Waals surface area contributed by atoms with Crippen LogP contribution in [0.1, 0.15) is 44.1 Å². The van der Waals surface area contributed by atoms with Gasteiger partial charge in [0.1, 0.15) is 5.76 Å². The van der Waals surface area contributed by atoms with Crippen molar-refractivity contribution in [1.29, 1.82) is 0 Å². The van der Waals surface area contributed by atoms with Gasteiger partial charge in [-0.2, -0.15) is 0 Å². The highest BCUT2D eigenvalue weighted by atomic mass is 16.3. The van der Waals surface area contributed by atoms with Crippen LogP contribution in [-0.4, -0.2) is 17.5 Å². The maximum absolute atomic E-state index is 6.39. The maximum Gasteiger partial charge on any atom is 0.122 e. The van der Waals surface area contributed by atoms with Gasteiger partial charge >= 0.3 is 0 Å². The molecule has 1 heterocycles. The molecule has 3 heteroatoms. The number of benzene rings is 1. The SMILES string of the molecule is CCCN(Cc1ccccc1)C(c1ccco1)C(N)CC. The second-order valence-corrected chi connectivity index (χ2v) is 5.49. The highest BCUT2D eigenvalue weighted by Gasteiger charge is 2.27. The Morgan fingerprint density at radius 2 is 1.86 bits per heavy atom. The zero-order valence-electron chi connectivity index (χ0n) is 13.0. The Balaban J connectivity index is 2.23. The van der Waals surface area contributed by atoms with Crippen LogP contribution in [0.25, 0.3) is 0 Å². The monoisotopic (exact) mass is 286 g/mol. The number of furan rings is 1. The lowest BCUT2D eigenvalue weighted by Gasteiger charge is -2.34. The smallest absolute Gasteiger partial charge is 0.122 e. The second-order valence-electron chi connectivity index (χ2n) is 5.49. The highest BCUT2D eigenvalue weighted by Crippen LogP contribution is 2.27. The van der Waals surface area contributed by atoms with Crippen molar-refractivity contribution in [2.45, 2.75) is 45.3 Å². The molecule has 0 amide bonds. The van der Waals surface area contributed by atoms with Crippen molar-refractivity contribution in [2.24, 2.45) is 5.73 Å². The van der Waals surface area contributed by atoms with E-state index in [0.29, 0.717) is 0 Å². The molecule has 3 nitrogen and oxygen atoms in total. The van der Waals surface area contributed by atoms with Crippen LogP contribution in [0.2, 0.25) is 0 Å². The van der Waals surface area contributed by atoms with Gasteiger partial charge in [0.25, 0.3) is 0 Å². The van der Waals surface area contributed by atoms with Crippen LogP contribution in [-0.2, 0) is 6.54 Å². The molecule has 114 valence electrons. The van der Waals surface area contributed by atoms with Crippen LogP contribution in [0, 0.1) is 0 Å². The molecule has 21 heavy (non-hydrogen) atoms. The van der Waals surface area contributed by atoms with E-state index >= 15 is 0 Å². The lowest BCUT2D eigenvalue weighted by atomic mass is 10.0. The molecule has 0 bridgehead atoms. The third-order valence-electron chi connectivity index (χ3n) is 3.84. The molecular formula is C18H26N2O. The zero-order valence-corrected chi connectivity index (χ0v) is 13.0. The van der Waals surface area contributed by atoms with Gasteiger partial charge in [0.05, 0.1) is 12.3 Å². The average Bonchev–Trinajstić information content (AvgIpc) is 3.02. The predicted octanol–water partition coefficient (Wildman–Crippen LogP) is 3.97. The molecule has 2 atom stereocenters. The van der Waals surface area contributed by atoms with E-state index < -0.39 is 0 Å². The molecular weight excluding hydrogens is 260 g/mol. The predicted molar refractivity (Wildman–Crippen MR) is 86.9 cm³/mol. The van der Waals surface area contributed by atoms with Crippen molar-refractivity contribution >= 4 is 0 Å². The molecule has 0 aliphatic carbocycles. The largest absolute Gasteiger partial charge is 0.468 e.